The van der Waals surface area contributed by atoms with Crippen molar-refractivity contribution in [1.82, 2.24) is 10.4 Å². The molecule has 0 spiro atoms. The van der Waals surface area contributed by atoms with Gasteiger partial charge in [-0.2, -0.15) is 0 Å². The topological polar surface area (TPSA) is 49.4 Å². The average molecular weight is 288 g/mol. The van der Waals surface area contributed by atoms with Crippen molar-refractivity contribution in [1.29, 1.82) is 0 Å². The third-order valence-electron chi connectivity index (χ3n) is 3.84. The van der Waals surface area contributed by atoms with Gasteiger partial charge in [-0.05, 0) is 52.7 Å². The molecule has 4 heteroatoms. The van der Waals surface area contributed by atoms with Crippen molar-refractivity contribution in [3.8, 4) is 0 Å². The van der Waals surface area contributed by atoms with Crippen molar-refractivity contribution in [3.63, 3.8) is 0 Å². The van der Waals surface area contributed by atoms with Crippen LogP contribution in [0.3, 0.4) is 0 Å². The van der Waals surface area contributed by atoms with E-state index in [-0.39, 0.29) is 17.7 Å². The zero-order valence-corrected chi connectivity index (χ0v) is 13.3. The summed E-state index contributed by atoms with van der Waals surface area (Å²) < 4.78 is 0. The Labute approximate surface area is 126 Å². The third kappa shape index (κ3) is 3.63. The van der Waals surface area contributed by atoms with Gasteiger partial charge in [-0.25, -0.2) is 5.01 Å². The van der Waals surface area contributed by atoms with Crippen LogP contribution in [0.1, 0.15) is 56.0 Å². The molecule has 0 aliphatic heterocycles. The lowest BCUT2D eigenvalue weighted by molar-refractivity contribution is -0.133. The summed E-state index contributed by atoms with van der Waals surface area (Å²) in [5.41, 5.74) is 3.97. The lowest BCUT2D eigenvalue weighted by atomic mass is 9.85. The van der Waals surface area contributed by atoms with Crippen LogP contribution in [0.2, 0.25) is 0 Å². The normalized spacial score (nSPS) is 15.2. The van der Waals surface area contributed by atoms with Crippen LogP contribution in [0.4, 0.5) is 0 Å². The Morgan fingerprint density at radius 3 is 2.38 bits per heavy atom. The Hall–Kier alpha value is -1.84. The van der Waals surface area contributed by atoms with Crippen molar-refractivity contribution in [3.05, 3.63) is 35.4 Å². The van der Waals surface area contributed by atoms with Crippen LogP contribution >= 0.6 is 0 Å². The Kier molecular flexibility index (Phi) is 4.35. The lowest BCUT2D eigenvalue weighted by Crippen LogP contribution is -2.57. The Morgan fingerprint density at radius 2 is 1.90 bits per heavy atom. The van der Waals surface area contributed by atoms with Gasteiger partial charge in [0, 0.05) is 11.5 Å². The standard InChI is InChI=1S/C17H24N2O2/c1-12-7-5-10-14(11-12)16(21)19(17(2,3)4)18-15(20)13-8-6-9-13/h5,7,10-11,13H,6,8-9H2,1-4H3,(H,18,20). The summed E-state index contributed by atoms with van der Waals surface area (Å²) in [4.78, 5) is 24.9. The molecule has 0 atom stereocenters. The van der Waals surface area contributed by atoms with Crippen LogP contribution in [-0.4, -0.2) is 22.4 Å². The molecule has 1 aliphatic carbocycles. The van der Waals surface area contributed by atoms with Gasteiger partial charge in [0.25, 0.3) is 5.91 Å². The van der Waals surface area contributed by atoms with Gasteiger partial charge >= 0.3 is 0 Å². The molecule has 0 heterocycles. The summed E-state index contributed by atoms with van der Waals surface area (Å²) in [5, 5.41) is 1.46. The van der Waals surface area contributed by atoms with E-state index in [4.69, 9.17) is 0 Å². The van der Waals surface area contributed by atoms with Crippen molar-refractivity contribution < 1.29 is 9.59 Å². The molecule has 1 aliphatic rings. The molecule has 2 amide bonds. The highest BCUT2D eigenvalue weighted by atomic mass is 16.2. The van der Waals surface area contributed by atoms with Gasteiger partial charge < -0.3 is 0 Å². The molecule has 1 N–H and O–H groups in total. The zero-order chi connectivity index (χ0) is 15.6. The highest BCUT2D eigenvalue weighted by Crippen LogP contribution is 2.27. The second kappa shape index (κ2) is 5.88. The number of hydrogen-bond donors (Lipinski definition) is 1. The summed E-state index contributed by atoms with van der Waals surface area (Å²) >= 11 is 0. The zero-order valence-electron chi connectivity index (χ0n) is 13.3. The van der Waals surface area contributed by atoms with E-state index < -0.39 is 5.54 Å². The Balaban J connectivity index is 2.19. The molecule has 2 rings (SSSR count). The highest BCUT2D eigenvalue weighted by molar-refractivity contribution is 5.96. The maximum absolute atomic E-state index is 12.7. The van der Waals surface area contributed by atoms with Crippen molar-refractivity contribution in [2.45, 2.75) is 52.5 Å². The summed E-state index contributed by atoms with van der Waals surface area (Å²) in [6.45, 7) is 7.70. The predicted octanol–water partition coefficient (Wildman–Crippen LogP) is 3.07. The fraction of sp³-hybridized carbons (Fsp3) is 0.529. The van der Waals surface area contributed by atoms with Gasteiger partial charge in [-0.15, -0.1) is 0 Å². The van der Waals surface area contributed by atoms with E-state index in [2.05, 4.69) is 5.43 Å². The third-order valence-corrected chi connectivity index (χ3v) is 3.84. The van der Waals surface area contributed by atoms with Gasteiger partial charge in [0.05, 0.1) is 5.54 Å². The molecule has 4 nitrogen and oxygen atoms in total. The minimum absolute atomic E-state index is 0.0443. The number of hydrazine groups is 1. The first-order valence-corrected chi connectivity index (χ1v) is 7.51. The van der Waals surface area contributed by atoms with Gasteiger partial charge in [-0.3, -0.25) is 15.0 Å². The number of rotatable bonds is 2. The number of benzene rings is 1. The molecule has 1 aromatic carbocycles. The lowest BCUT2D eigenvalue weighted by Gasteiger charge is -2.37. The molecule has 0 aromatic heterocycles. The molecule has 0 bridgehead atoms. The Bertz CT molecular complexity index is 542. The molecule has 0 radical (unpaired) electrons. The number of carbonyl (C=O) groups is 2. The summed E-state index contributed by atoms with van der Waals surface area (Å²) in [6, 6.07) is 7.43. The molecule has 1 saturated carbocycles. The molecular formula is C17H24N2O2. The minimum atomic E-state index is -0.472. The maximum Gasteiger partial charge on any atom is 0.272 e. The number of hydrogen-bond acceptors (Lipinski definition) is 2. The summed E-state index contributed by atoms with van der Waals surface area (Å²) in [6.07, 6.45) is 2.93. The van der Waals surface area contributed by atoms with E-state index in [0.717, 1.165) is 24.8 Å². The number of amides is 2. The van der Waals surface area contributed by atoms with Crippen molar-refractivity contribution in [2.24, 2.45) is 5.92 Å². The molecule has 21 heavy (non-hydrogen) atoms. The quantitative estimate of drug-likeness (QED) is 0.850. The average Bonchev–Trinajstić information content (AvgIpc) is 2.31. The minimum Gasteiger partial charge on any atom is -0.273 e. The van der Waals surface area contributed by atoms with Gasteiger partial charge in [0.15, 0.2) is 0 Å². The van der Waals surface area contributed by atoms with Crippen molar-refractivity contribution in [2.75, 3.05) is 0 Å². The molecular weight excluding hydrogens is 264 g/mol. The SMILES string of the molecule is Cc1cccc(C(=O)N(NC(=O)C2CCC2)C(C)(C)C)c1. The summed E-state index contributed by atoms with van der Waals surface area (Å²) in [7, 11) is 0. The van der Waals surface area contributed by atoms with Gasteiger partial charge in [0.1, 0.15) is 0 Å². The molecule has 0 saturated heterocycles. The van der Waals surface area contributed by atoms with E-state index in [1.807, 2.05) is 45.9 Å². The molecule has 114 valence electrons. The predicted molar refractivity (Wildman–Crippen MR) is 82.6 cm³/mol. The number of aryl methyl sites for hydroxylation is 1. The van der Waals surface area contributed by atoms with Crippen LogP contribution in [0.5, 0.6) is 0 Å². The first kappa shape index (κ1) is 15.5. The largest absolute Gasteiger partial charge is 0.273 e. The van der Waals surface area contributed by atoms with Gasteiger partial charge in [-0.1, -0.05) is 24.1 Å². The van der Waals surface area contributed by atoms with E-state index in [0.29, 0.717) is 5.56 Å². The number of nitrogens with zero attached hydrogens (tertiary/aromatic N) is 1. The molecule has 1 fully saturated rings. The first-order valence-electron chi connectivity index (χ1n) is 7.51. The number of carbonyl (C=O) groups excluding carboxylic acids is 2. The second-order valence-corrected chi connectivity index (χ2v) is 6.78. The monoisotopic (exact) mass is 288 g/mol. The van der Waals surface area contributed by atoms with E-state index in [1.165, 1.54) is 5.01 Å². The van der Waals surface area contributed by atoms with Crippen LogP contribution < -0.4 is 5.43 Å². The highest BCUT2D eigenvalue weighted by Gasteiger charge is 2.33. The van der Waals surface area contributed by atoms with Crippen LogP contribution in [0, 0.1) is 12.8 Å². The fourth-order valence-electron chi connectivity index (χ4n) is 2.30. The number of nitrogens with one attached hydrogen (secondary N) is 1. The second-order valence-electron chi connectivity index (χ2n) is 6.78. The van der Waals surface area contributed by atoms with E-state index >= 15 is 0 Å². The maximum atomic E-state index is 12.7. The van der Waals surface area contributed by atoms with Crippen molar-refractivity contribution >= 4 is 11.8 Å². The fourth-order valence-corrected chi connectivity index (χ4v) is 2.30. The van der Waals surface area contributed by atoms with E-state index in [9.17, 15) is 9.59 Å². The van der Waals surface area contributed by atoms with Crippen LogP contribution in [-0.2, 0) is 4.79 Å². The smallest absolute Gasteiger partial charge is 0.272 e. The van der Waals surface area contributed by atoms with Crippen LogP contribution in [0.15, 0.2) is 24.3 Å². The van der Waals surface area contributed by atoms with Crippen LogP contribution in [0.25, 0.3) is 0 Å². The molecule has 0 unspecified atom stereocenters. The molecule has 1 aromatic rings. The van der Waals surface area contributed by atoms with Gasteiger partial charge in [0.2, 0.25) is 5.91 Å². The summed E-state index contributed by atoms with van der Waals surface area (Å²) in [5.74, 6) is -0.156. The first-order chi connectivity index (χ1) is 9.79. The Morgan fingerprint density at radius 1 is 1.24 bits per heavy atom. The van der Waals surface area contributed by atoms with E-state index in [1.54, 1.807) is 6.07 Å².